The fourth-order valence-corrected chi connectivity index (χ4v) is 1.39. The summed E-state index contributed by atoms with van der Waals surface area (Å²) in [7, 11) is 0. The summed E-state index contributed by atoms with van der Waals surface area (Å²) in [4.78, 5) is 15.8. The van der Waals surface area contributed by atoms with Gasteiger partial charge in [0.05, 0.1) is 12.8 Å². The van der Waals surface area contributed by atoms with E-state index in [1.54, 1.807) is 12.3 Å². The molecule has 20 heavy (non-hydrogen) atoms. The Hall–Kier alpha value is -1.25. The Morgan fingerprint density at radius 1 is 1.30 bits per heavy atom. The van der Waals surface area contributed by atoms with Crippen LogP contribution in [0.3, 0.4) is 0 Å². The molecule has 1 amide bonds. The fraction of sp³-hybridized carbons (Fsp3) is 0.538. The molecule has 0 saturated carbocycles. The maximum Gasteiger partial charge on any atom is 0.242 e. The van der Waals surface area contributed by atoms with Crippen LogP contribution in [0.4, 0.5) is 0 Å². The number of hydrogen-bond donors (Lipinski definition) is 3. The number of halogens is 1. The highest BCUT2D eigenvalue weighted by molar-refractivity contribution is 14.0. The first-order valence-corrected chi connectivity index (χ1v) is 6.57. The van der Waals surface area contributed by atoms with Gasteiger partial charge in [0.1, 0.15) is 12.3 Å². The summed E-state index contributed by atoms with van der Waals surface area (Å²) in [5, 5.41) is 8.96. The lowest BCUT2D eigenvalue weighted by Crippen LogP contribution is -2.38. The summed E-state index contributed by atoms with van der Waals surface area (Å²) >= 11 is 0. The number of rotatable bonds is 7. The number of aliphatic imine (C=N–C) groups is 1. The summed E-state index contributed by atoms with van der Waals surface area (Å²) in [5.41, 5.74) is 0. The zero-order chi connectivity index (χ0) is 13.9. The van der Waals surface area contributed by atoms with E-state index in [2.05, 4.69) is 27.9 Å². The van der Waals surface area contributed by atoms with Crippen LogP contribution >= 0.6 is 24.0 Å². The number of carbonyl (C=O) groups excluding carboxylic acids is 1. The third-order valence-electron chi connectivity index (χ3n) is 2.31. The normalized spacial score (nSPS) is 10.6. The number of hydrogen-bond acceptors (Lipinski definition) is 3. The van der Waals surface area contributed by atoms with Crippen LogP contribution in [-0.2, 0) is 11.3 Å². The molecule has 0 spiro atoms. The van der Waals surface area contributed by atoms with Gasteiger partial charge >= 0.3 is 0 Å². The van der Waals surface area contributed by atoms with Crippen molar-refractivity contribution in [1.29, 1.82) is 0 Å². The maximum absolute atomic E-state index is 11.6. The molecule has 6 nitrogen and oxygen atoms in total. The van der Waals surface area contributed by atoms with Gasteiger partial charge < -0.3 is 20.4 Å². The monoisotopic (exact) mass is 394 g/mol. The number of carbonyl (C=O) groups is 1. The van der Waals surface area contributed by atoms with Crippen LogP contribution in [0.1, 0.15) is 26.0 Å². The maximum atomic E-state index is 11.6. The molecule has 0 unspecified atom stereocenters. The van der Waals surface area contributed by atoms with Crippen LogP contribution < -0.4 is 16.0 Å². The number of nitrogens with zero attached hydrogens (tertiary/aromatic N) is 1. The van der Waals surface area contributed by atoms with Gasteiger partial charge in [-0.15, -0.1) is 24.0 Å². The molecule has 0 fully saturated rings. The summed E-state index contributed by atoms with van der Waals surface area (Å²) in [6.07, 6.45) is 2.59. The fourth-order valence-electron chi connectivity index (χ4n) is 1.39. The van der Waals surface area contributed by atoms with Crippen molar-refractivity contribution in [3.05, 3.63) is 24.2 Å². The van der Waals surface area contributed by atoms with E-state index in [1.807, 2.05) is 13.0 Å². The minimum absolute atomic E-state index is 0. The van der Waals surface area contributed by atoms with Crippen molar-refractivity contribution in [2.24, 2.45) is 4.99 Å². The average Bonchev–Trinajstić information content (AvgIpc) is 2.92. The second-order valence-electron chi connectivity index (χ2n) is 3.98. The van der Waals surface area contributed by atoms with Gasteiger partial charge in [0, 0.05) is 13.1 Å². The van der Waals surface area contributed by atoms with Crippen LogP contribution in [0, 0.1) is 0 Å². The Bertz CT molecular complexity index is 393. The molecule has 0 atom stereocenters. The number of nitrogens with one attached hydrogen (secondary N) is 3. The van der Waals surface area contributed by atoms with E-state index < -0.39 is 0 Å². The molecule has 1 aromatic rings. The number of amides is 1. The van der Waals surface area contributed by atoms with Gasteiger partial charge in [-0.2, -0.15) is 0 Å². The Balaban J connectivity index is 0.00000361. The van der Waals surface area contributed by atoms with Crippen molar-refractivity contribution in [3.63, 3.8) is 0 Å². The molecule has 3 N–H and O–H groups in total. The molecule has 7 heteroatoms. The van der Waals surface area contributed by atoms with Gasteiger partial charge in [0.15, 0.2) is 5.96 Å². The van der Waals surface area contributed by atoms with Gasteiger partial charge in [-0.1, -0.05) is 6.92 Å². The molecule has 0 aliphatic heterocycles. The quantitative estimate of drug-likeness (QED) is 0.372. The summed E-state index contributed by atoms with van der Waals surface area (Å²) in [5.74, 6) is 1.26. The first kappa shape index (κ1) is 18.8. The average molecular weight is 394 g/mol. The predicted molar refractivity (Wildman–Crippen MR) is 90.2 cm³/mol. The van der Waals surface area contributed by atoms with E-state index in [0.717, 1.165) is 25.3 Å². The minimum Gasteiger partial charge on any atom is -0.467 e. The first-order valence-electron chi connectivity index (χ1n) is 6.57. The lowest BCUT2D eigenvalue weighted by molar-refractivity contribution is -0.119. The van der Waals surface area contributed by atoms with Gasteiger partial charge in [0.25, 0.3) is 0 Å². The Labute approximate surface area is 136 Å². The highest BCUT2D eigenvalue weighted by Crippen LogP contribution is 1.98. The summed E-state index contributed by atoms with van der Waals surface area (Å²) < 4.78 is 5.13. The lowest BCUT2D eigenvalue weighted by atomic mass is 10.4. The standard InChI is InChI=1S/C13H22N4O2.HI/c1-3-7-15-13(14-4-2)17-10-12(18)16-9-11-6-5-8-19-11;/h5-6,8H,3-4,7,9-10H2,1-2H3,(H,16,18)(H2,14,15,17);1H. The van der Waals surface area contributed by atoms with Gasteiger partial charge in [-0.05, 0) is 25.5 Å². The summed E-state index contributed by atoms with van der Waals surface area (Å²) in [6.45, 7) is 6.15. The molecule has 114 valence electrons. The van der Waals surface area contributed by atoms with Crippen LogP contribution in [-0.4, -0.2) is 31.5 Å². The van der Waals surface area contributed by atoms with Crippen molar-refractivity contribution in [3.8, 4) is 0 Å². The molecule has 1 rings (SSSR count). The van der Waals surface area contributed by atoms with Crippen molar-refractivity contribution < 1.29 is 9.21 Å². The number of guanidine groups is 1. The van der Waals surface area contributed by atoms with Gasteiger partial charge in [0.2, 0.25) is 5.91 Å². The minimum atomic E-state index is -0.134. The van der Waals surface area contributed by atoms with Crippen molar-refractivity contribution in [1.82, 2.24) is 16.0 Å². The van der Waals surface area contributed by atoms with Crippen molar-refractivity contribution in [2.75, 3.05) is 19.6 Å². The lowest BCUT2D eigenvalue weighted by Gasteiger charge is -2.10. The third-order valence-corrected chi connectivity index (χ3v) is 2.31. The highest BCUT2D eigenvalue weighted by atomic mass is 127. The SMILES string of the molecule is CCCNC(=NCC(=O)NCc1ccco1)NCC.I. The topological polar surface area (TPSA) is 78.7 Å². The molecular weight excluding hydrogens is 371 g/mol. The summed E-state index contributed by atoms with van der Waals surface area (Å²) in [6, 6.07) is 3.61. The molecule has 0 aliphatic rings. The van der Waals surface area contributed by atoms with Crippen molar-refractivity contribution in [2.45, 2.75) is 26.8 Å². The van der Waals surface area contributed by atoms with E-state index in [-0.39, 0.29) is 36.4 Å². The Morgan fingerprint density at radius 3 is 2.70 bits per heavy atom. The smallest absolute Gasteiger partial charge is 0.242 e. The Kier molecular flexibility index (Phi) is 10.8. The van der Waals surface area contributed by atoms with Crippen LogP contribution in [0.5, 0.6) is 0 Å². The second-order valence-corrected chi connectivity index (χ2v) is 3.98. The van der Waals surface area contributed by atoms with E-state index in [1.165, 1.54) is 0 Å². The highest BCUT2D eigenvalue weighted by Gasteiger charge is 2.02. The molecule has 0 saturated heterocycles. The largest absolute Gasteiger partial charge is 0.467 e. The van der Waals surface area contributed by atoms with Crippen LogP contribution in [0.25, 0.3) is 0 Å². The molecule has 1 aromatic heterocycles. The first-order chi connectivity index (χ1) is 9.26. The molecule has 1 heterocycles. The van der Waals surface area contributed by atoms with Crippen LogP contribution in [0.15, 0.2) is 27.8 Å². The van der Waals surface area contributed by atoms with Gasteiger partial charge in [-0.25, -0.2) is 4.99 Å². The van der Waals surface area contributed by atoms with Crippen LogP contribution in [0.2, 0.25) is 0 Å². The van der Waals surface area contributed by atoms with E-state index in [4.69, 9.17) is 4.42 Å². The molecular formula is C13H23IN4O2. The zero-order valence-corrected chi connectivity index (χ0v) is 14.3. The molecule has 0 aliphatic carbocycles. The zero-order valence-electron chi connectivity index (χ0n) is 11.9. The van der Waals surface area contributed by atoms with Gasteiger partial charge in [-0.3, -0.25) is 4.79 Å². The third kappa shape index (κ3) is 8.03. The number of furan rings is 1. The van der Waals surface area contributed by atoms with Crippen molar-refractivity contribution >= 4 is 35.8 Å². The van der Waals surface area contributed by atoms with E-state index >= 15 is 0 Å². The molecule has 0 bridgehead atoms. The molecule has 0 aromatic carbocycles. The van der Waals surface area contributed by atoms with E-state index in [9.17, 15) is 4.79 Å². The Morgan fingerprint density at radius 2 is 2.10 bits per heavy atom. The predicted octanol–water partition coefficient (Wildman–Crippen LogP) is 1.48. The second kappa shape index (κ2) is 11.6. The molecule has 0 radical (unpaired) electrons. The van der Waals surface area contributed by atoms with E-state index in [0.29, 0.717) is 12.5 Å².